The van der Waals surface area contributed by atoms with E-state index in [1.165, 1.54) is 10.9 Å². The van der Waals surface area contributed by atoms with Crippen LogP contribution >= 0.6 is 11.6 Å². The van der Waals surface area contributed by atoms with Crippen LogP contribution in [0.25, 0.3) is 5.69 Å². The standard InChI is InChI=1S/C16H12ClN3O2/c17-12-7-4-8-13(9-12)20-16(22)14(10-18-20)19-15(21)11-5-2-1-3-6-11/h1-10,18H,(H,19,21). The van der Waals surface area contributed by atoms with Gasteiger partial charge in [-0.3, -0.25) is 14.7 Å². The Morgan fingerprint density at radius 3 is 2.59 bits per heavy atom. The molecular formula is C16H12ClN3O2. The third-order valence-electron chi connectivity index (χ3n) is 3.12. The summed E-state index contributed by atoms with van der Waals surface area (Å²) in [6, 6.07) is 15.6. The summed E-state index contributed by atoms with van der Waals surface area (Å²) >= 11 is 5.92. The first-order valence-electron chi connectivity index (χ1n) is 6.58. The first-order chi connectivity index (χ1) is 10.6. The van der Waals surface area contributed by atoms with Gasteiger partial charge >= 0.3 is 0 Å². The molecule has 0 saturated carbocycles. The van der Waals surface area contributed by atoms with Gasteiger partial charge in [-0.25, -0.2) is 4.68 Å². The lowest BCUT2D eigenvalue weighted by Gasteiger charge is -2.02. The summed E-state index contributed by atoms with van der Waals surface area (Å²) < 4.78 is 1.31. The minimum atomic E-state index is -0.355. The van der Waals surface area contributed by atoms with Gasteiger partial charge in [-0.05, 0) is 30.3 Å². The Bertz CT molecular complexity index is 868. The second kappa shape index (κ2) is 5.91. The molecule has 6 heteroatoms. The Labute approximate surface area is 131 Å². The fourth-order valence-corrected chi connectivity index (χ4v) is 2.24. The van der Waals surface area contributed by atoms with Crippen molar-refractivity contribution in [3.8, 4) is 5.69 Å². The largest absolute Gasteiger partial charge is 0.316 e. The van der Waals surface area contributed by atoms with E-state index in [4.69, 9.17) is 11.6 Å². The number of anilines is 1. The van der Waals surface area contributed by atoms with Crippen LogP contribution in [0.15, 0.2) is 65.6 Å². The molecule has 0 aliphatic heterocycles. The van der Waals surface area contributed by atoms with Crippen LogP contribution in [0, 0.1) is 0 Å². The average Bonchev–Trinajstić information content (AvgIpc) is 2.89. The summed E-state index contributed by atoms with van der Waals surface area (Å²) in [5.74, 6) is -0.338. The smallest absolute Gasteiger partial charge is 0.294 e. The van der Waals surface area contributed by atoms with Crippen molar-refractivity contribution in [3.05, 3.63) is 81.7 Å². The SMILES string of the molecule is O=C(Nc1c[nH]n(-c2cccc(Cl)c2)c1=O)c1ccccc1. The molecule has 1 heterocycles. The summed E-state index contributed by atoms with van der Waals surface area (Å²) in [6.07, 6.45) is 1.45. The maximum absolute atomic E-state index is 12.3. The third-order valence-corrected chi connectivity index (χ3v) is 3.36. The maximum Gasteiger partial charge on any atom is 0.294 e. The molecule has 0 bridgehead atoms. The molecule has 0 spiro atoms. The average molecular weight is 314 g/mol. The van der Waals surface area contributed by atoms with Crippen molar-refractivity contribution < 1.29 is 4.79 Å². The minimum Gasteiger partial charge on any atom is -0.316 e. The van der Waals surface area contributed by atoms with Crippen molar-refractivity contribution in [2.24, 2.45) is 0 Å². The minimum absolute atomic E-state index is 0.175. The number of carbonyl (C=O) groups excluding carboxylic acids is 1. The Morgan fingerprint density at radius 2 is 1.86 bits per heavy atom. The molecule has 0 aliphatic rings. The number of halogens is 1. The van der Waals surface area contributed by atoms with Crippen molar-refractivity contribution in [2.75, 3.05) is 5.32 Å². The first-order valence-corrected chi connectivity index (χ1v) is 6.96. The van der Waals surface area contributed by atoms with Gasteiger partial charge < -0.3 is 5.32 Å². The second-order valence-electron chi connectivity index (χ2n) is 4.63. The van der Waals surface area contributed by atoms with E-state index in [1.54, 1.807) is 48.5 Å². The number of aromatic nitrogens is 2. The second-order valence-corrected chi connectivity index (χ2v) is 5.06. The highest BCUT2D eigenvalue weighted by Crippen LogP contribution is 2.13. The van der Waals surface area contributed by atoms with Crippen LogP contribution < -0.4 is 10.9 Å². The van der Waals surface area contributed by atoms with Crippen molar-refractivity contribution >= 4 is 23.2 Å². The van der Waals surface area contributed by atoms with Gasteiger partial charge in [0.1, 0.15) is 5.69 Å². The van der Waals surface area contributed by atoms with Crippen molar-refractivity contribution in [2.45, 2.75) is 0 Å². The van der Waals surface area contributed by atoms with E-state index in [0.717, 1.165) is 0 Å². The normalized spacial score (nSPS) is 10.4. The Morgan fingerprint density at radius 1 is 1.09 bits per heavy atom. The van der Waals surface area contributed by atoms with Gasteiger partial charge in [-0.1, -0.05) is 35.9 Å². The number of carbonyl (C=O) groups is 1. The van der Waals surface area contributed by atoms with Gasteiger partial charge in [-0.2, -0.15) is 0 Å². The van der Waals surface area contributed by atoms with Crippen LogP contribution in [0.2, 0.25) is 5.02 Å². The van der Waals surface area contributed by atoms with Crippen LogP contribution in [0.4, 0.5) is 5.69 Å². The Balaban J connectivity index is 1.88. The zero-order valence-electron chi connectivity index (χ0n) is 11.4. The van der Waals surface area contributed by atoms with Gasteiger partial charge in [0.2, 0.25) is 0 Å². The summed E-state index contributed by atoms with van der Waals surface area (Å²) in [5, 5.41) is 5.92. The number of nitrogens with one attached hydrogen (secondary N) is 2. The Hall–Kier alpha value is -2.79. The summed E-state index contributed by atoms with van der Waals surface area (Å²) in [7, 11) is 0. The first kappa shape index (κ1) is 14.2. The molecule has 2 aromatic carbocycles. The number of aromatic amines is 1. The van der Waals surface area contributed by atoms with Crippen molar-refractivity contribution in [3.63, 3.8) is 0 Å². The van der Waals surface area contributed by atoms with Crippen LogP contribution in [0.5, 0.6) is 0 Å². The van der Waals surface area contributed by atoms with Crippen LogP contribution in [0.3, 0.4) is 0 Å². The van der Waals surface area contributed by atoms with Gasteiger partial charge in [0.15, 0.2) is 0 Å². The van der Waals surface area contributed by atoms with Gasteiger partial charge in [0.05, 0.1) is 5.69 Å². The lowest BCUT2D eigenvalue weighted by molar-refractivity contribution is 0.102. The highest BCUT2D eigenvalue weighted by Gasteiger charge is 2.12. The molecule has 0 saturated heterocycles. The highest BCUT2D eigenvalue weighted by molar-refractivity contribution is 6.30. The van der Waals surface area contributed by atoms with Gasteiger partial charge in [-0.15, -0.1) is 0 Å². The maximum atomic E-state index is 12.3. The zero-order chi connectivity index (χ0) is 15.5. The third kappa shape index (κ3) is 2.80. The van der Waals surface area contributed by atoms with Crippen molar-refractivity contribution in [1.29, 1.82) is 0 Å². The summed E-state index contributed by atoms with van der Waals surface area (Å²) in [4.78, 5) is 24.4. The molecule has 2 N–H and O–H groups in total. The van der Waals surface area contributed by atoms with E-state index in [9.17, 15) is 9.59 Å². The molecule has 110 valence electrons. The quantitative estimate of drug-likeness (QED) is 0.780. The zero-order valence-corrected chi connectivity index (χ0v) is 12.2. The number of H-pyrrole nitrogens is 1. The predicted molar refractivity (Wildman–Crippen MR) is 85.8 cm³/mol. The van der Waals surface area contributed by atoms with Crippen molar-refractivity contribution in [1.82, 2.24) is 9.78 Å². The number of rotatable bonds is 3. The molecule has 5 nitrogen and oxygen atoms in total. The molecule has 0 atom stereocenters. The molecule has 0 unspecified atom stereocenters. The van der Waals surface area contributed by atoms with E-state index in [2.05, 4.69) is 10.4 Å². The monoisotopic (exact) mass is 313 g/mol. The number of hydrogen-bond acceptors (Lipinski definition) is 2. The van der Waals surface area contributed by atoms with Crippen LogP contribution in [-0.2, 0) is 0 Å². The molecule has 3 aromatic rings. The fraction of sp³-hybridized carbons (Fsp3) is 0. The predicted octanol–water partition coefficient (Wildman–Crippen LogP) is 3.07. The number of nitrogens with zero attached hydrogens (tertiary/aromatic N) is 1. The molecule has 0 fully saturated rings. The summed E-state index contributed by atoms with van der Waals surface area (Å²) in [5.41, 5.74) is 0.899. The van der Waals surface area contributed by atoms with E-state index >= 15 is 0 Å². The van der Waals surface area contributed by atoms with Gasteiger partial charge in [0, 0.05) is 16.8 Å². The molecule has 1 amide bonds. The topological polar surface area (TPSA) is 66.9 Å². The molecule has 0 radical (unpaired) electrons. The number of benzene rings is 2. The summed E-state index contributed by atoms with van der Waals surface area (Å²) in [6.45, 7) is 0. The van der Waals surface area contributed by atoms with E-state index in [0.29, 0.717) is 16.3 Å². The van der Waals surface area contributed by atoms with E-state index in [1.807, 2.05) is 6.07 Å². The van der Waals surface area contributed by atoms with E-state index in [-0.39, 0.29) is 17.2 Å². The van der Waals surface area contributed by atoms with E-state index < -0.39 is 0 Å². The number of hydrogen-bond donors (Lipinski definition) is 2. The number of amides is 1. The van der Waals surface area contributed by atoms with Crippen LogP contribution in [-0.4, -0.2) is 15.7 Å². The Kier molecular flexibility index (Phi) is 3.80. The fourth-order valence-electron chi connectivity index (χ4n) is 2.05. The molecule has 3 rings (SSSR count). The lowest BCUT2D eigenvalue weighted by atomic mass is 10.2. The molecule has 0 aliphatic carbocycles. The molecular weight excluding hydrogens is 302 g/mol. The van der Waals surface area contributed by atoms with Crippen LogP contribution in [0.1, 0.15) is 10.4 Å². The molecule has 1 aromatic heterocycles. The molecule has 22 heavy (non-hydrogen) atoms. The highest BCUT2D eigenvalue weighted by atomic mass is 35.5. The van der Waals surface area contributed by atoms with Gasteiger partial charge in [0.25, 0.3) is 11.5 Å². The lowest BCUT2D eigenvalue weighted by Crippen LogP contribution is -2.21.